The normalized spacial score (nSPS) is 24.5. The zero-order valence-electron chi connectivity index (χ0n) is 15.1. The Morgan fingerprint density at radius 3 is 2.96 bits per heavy atom. The van der Waals surface area contributed by atoms with E-state index in [1.807, 2.05) is 17.1 Å². The van der Waals surface area contributed by atoms with Crippen molar-refractivity contribution in [2.45, 2.75) is 44.3 Å². The van der Waals surface area contributed by atoms with E-state index in [0.717, 1.165) is 11.3 Å². The zero-order chi connectivity index (χ0) is 19.9. The molecular weight excluding hydrogens is 383 g/mol. The molecule has 0 bridgehead atoms. The summed E-state index contributed by atoms with van der Waals surface area (Å²) in [5, 5.41) is 24.0. The Balaban J connectivity index is 0.000000450. The molecule has 0 saturated heterocycles. The van der Waals surface area contributed by atoms with Crippen molar-refractivity contribution < 1.29 is 20.8 Å². The van der Waals surface area contributed by atoms with Gasteiger partial charge in [0.1, 0.15) is 12.5 Å². The Morgan fingerprint density at radius 1 is 1.54 bits per heavy atom. The second kappa shape index (κ2) is 9.66. The first kappa shape index (κ1) is 20.3. The van der Waals surface area contributed by atoms with E-state index >= 15 is 0 Å². The first-order valence-electron chi connectivity index (χ1n) is 9.03. The first-order valence-corrected chi connectivity index (χ1v) is 10.1. The Labute approximate surface area is 164 Å². The van der Waals surface area contributed by atoms with Gasteiger partial charge in [-0.2, -0.15) is 10.4 Å². The number of hydrogen-bond donors (Lipinski definition) is 2. The van der Waals surface area contributed by atoms with E-state index in [2.05, 4.69) is 43.4 Å². The summed E-state index contributed by atoms with van der Waals surface area (Å²) in [6.45, 7) is 0. The maximum absolute atomic E-state index is 9.19. The Morgan fingerprint density at radius 2 is 2.29 bits per heavy atom. The molecule has 150 valence electrons. The highest BCUT2D eigenvalue weighted by Crippen LogP contribution is 2.36. The van der Waals surface area contributed by atoms with Gasteiger partial charge in [0.25, 0.3) is 0 Å². The highest BCUT2D eigenvalue weighted by atomic mass is 31.1. The van der Waals surface area contributed by atoms with Crippen LogP contribution in [0.25, 0.3) is 0 Å². The van der Waals surface area contributed by atoms with Gasteiger partial charge in [-0.05, 0) is 29.5 Å². The van der Waals surface area contributed by atoms with Crippen molar-refractivity contribution in [1.82, 2.24) is 15.1 Å². The molecule has 3 aliphatic rings. The molecule has 10 nitrogen and oxygen atoms in total. The minimum Gasteiger partial charge on any atom is -0.565 e. The third kappa shape index (κ3) is 4.69. The van der Waals surface area contributed by atoms with Crippen LogP contribution in [0.3, 0.4) is 0 Å². The molecule has 1 aromatic rings. The van der Waals surface area contributed by atoms with Crippen LogP contribution < -0.4 is 10.2 Å². The third-order valence-corrected chi connectivity index (χ3v) is 5.33. The summed E-state index contributed by atoms with van der Waals surface area (Å²) >= 11 is 0. The predicted molar refractivity (Wildman–Crippen MR) is 101 cm³/mol. The molecule has 0 amide bonds. The van der Waals surface area contributed by atoms with Crippen LogP contribution in [0.2, 0.25) is 0 Å². The van der Waals surface area contributed by atoms with E-state index in [-0.39, 0.29) is 19.6 Å². The fourth-order valence-electron chi connectivity index (χ4n) is 3.93. The van der Waals surface area contributed by atoms with Gasteiger partial charge in [0.15, 0.2) is 0 Å². The monoisotopic (exact) mass is 406 g/mol. The van der Waals surface area contributed by atoms with Gasteiger partial charge in [-0.3, -0.25) is 4.68 Å². The SMILES string of the molecule is N#CC[C@H](C1CCCC1)n1cc(C2=NC=NC3NC=CC23)cn1.O=[P+]([O-])OO.[HH]. The van der Waals surface area contributed by atoms with Crippen LogP contribution in [0.15, 0.2) is 34.7 Å². The van der Waals surface area contributed by atoms with E-state index < -0.39 is 8.25 Å². The molecule has 1 saturated carbocycles. The lowest BCUT2D eigenvalue weighted by atomic mass is 9.95. The number of nitrogens with one attached hydrogen (secondary N) is 1. The second-order valence-corrected chi connectivity index (χ2v) is 7.37. The highest BCUT2D eigenvalue weighted by molar-refractivity contribution is 7.30. The molecular formula is C17H23N6O4P. The van der Waals surface area contributed by atoms with Crippen molar-refractivity contribution in [3.63, 3.8) is 0 Å². The summed E-state index contributed by atoms with van der Waals surface area (Å²) in [4.78, 5) is 17.8. The summed E-state index contributed by atoms with van der Waals surface area (Å²) in [5.74, 6) is 0.733. The Bertz CT molecular complexity index is 830. The summed E-state index contributed by atoms with van der Waals surface area (Å²) in [5.41, 5.74) is 2.03. The van der Waals surface area contributed by atoms with E-state index in [4.69, 9.17) is 14.7 Å². The number of aliphatic imine (C=N–C) groups is 2. The van der Waals surface area contributed by atoms with Crippen molar-refractivity contribution in [2.24, 2.45) is 21.8 Å². The molecule has 2 N–H and O–H groups in total. The number of hydrogen-bond acceptors (Lipinski definition) is 9. The first-order chi connectivity index (χ1) is 13.6. The fraction of sp³-hybridized carbons (Fsp3) is 0.529. The molecule has 3 unspecified atom stereocenters. The second-order valence-electron chi connectivity index (χ2n) is 6.76. The van der Waals surface area contributed by atoms with Gasteiger partial charge in [0.05, 0.1) is 36.4 Å². The van der Waals surface area contributed by atoms with Gasteiger partial charge < -0.3 is 10.2 Å². The van der Waals surface area contributed by atoms with Crippen molar-refractivity contribution in [3.8, 4) is 6.07 Å². The average Bonchev–Trinajstić information content (AvgIpc) is 3.47. The average molecular weight is 406 g/mol. The predicted octanol–water partition coefficient (Wildman–Crippen LogP) is 2.16. The minimum absolute atomic E-state index is 0. The van der Waals surface area contributed by atoms with Crippen molar-refractivity contribution in [3.05, 3.63) is 30.2 Å². The third-order valence-electron chi connectivity index (χ3n) is 5.20. The van der Waals surface area contributed by atoms with E-state index in [9.17, 15) is 5.26 Å². The summed E-state index contributed by atoms with van der Waals surface area (Å²) in [6, 6.07) is 2.52. The van der Waals surface area contributed by atoms with Crippen LogP contribution in [-0.2, 0) is 9.24 Å². The van der Waals surface area contributed by atoms with Crippen molar-refractivity contribution >= 4 is 20.3 Å². The fourth-order valence-corrected chi connectivity index (χ4v) is 3.93. The van der Waals surface area contributed by atoms with E-state index in [1.165, 1.54) is 25.7 Å². The standard InChI is InChI=1S/C17H20N6.HO4P.H2/c18-7-5-15(12-3-1-2-4-12)23-10-13(9-22-23)16-14-6-8-19-17(14)21-11-20-16;1-4-5(2)3;/h6,8-12,14-15,17,19H,1-5H2;1H;1H/t14?,15-,17?;;/m1../s1. The molecule has 3 heterocycles. The van der Waals surface area contributed by atoms with Crippen molar-refractivity contribution in [1.29, 1.82) is 5.26 Å². The molecule has 4 atom stereocenters. The Hall–Kier alpha value is -2.44. The highest BCUT2D eigenvalue weighted by Gasteiger charge is 2.31. The lowest BCUT2D eigenvalue weighted by Crippen LogP contribution is -2.33. The maximum atomic E-state index is 9.19. The molecule has 4 rings (SSSR count). The number of nitriles is 1. The molecule has 0 radical (unpaired) electrons. The van der Waals surface area contributed by atoms with Gasteiger partial charge in [0.2, 0.25) is 0 Å². The topological polar surface area (TPSA) is 148 Å². The lowest BCUT2D eigenvalue weighted by molar-refractivity contribution is -0.244. The molecule has 0 spiro atoms. The number of nitrogens with zero attached hydrogens (tertiary/aromatic N) is 5. The molecule has 1 aliphatic carbocycles. The number of fused-ring (bicyclic) bond motifs is 1. The summed E-state index contributed by atoms with van der Waals surface area (Å²) in [7, 11) is -3.04. The van der Waals surface area contributed by atoms with E-state index in [1.54, 1.807) is 6.34 Å². The number of rotatable bonds is 5. The lowest BCUT2D eigenvalue weighted by Gasteiger charge is -2.22. The van der Waals surface area contributed by atoms with Gasteiger partial charge in [0, 0.05) is 17.9 Å². The molecule has 11 heteroatoms. The van der Waals surface area contributed by atoms with Crippen LogP contribution in [0.5, 0.6) is 0 Å². The molecule has 28 heavy (non-hydrogen) atoms. The number of aromatic nitrogens is 2. The van der Waals surface area contributed by atoms with Gasteiger partial charge >= 0.3 is 8.25 Å². The maximum Gasteiger partial charge on any atom is 0.521 e. The Kier molecular flexibility index (Phi) is 7.01. The van der Waals surface area contributed by atoms with Crippen LogP contribution in [0, 0.1) is 23.2 Å². The quantitative estimate of drug-likeness (QED) is 0.432. The largest absolute Gasteiger partial charge is 0.565 e. The van der Waals surface area contributed by atoms with Crippen LogP contribution in [-0.4, -0.2) is 33.3 Å². The van der Waals surface area contributed by atoms with Gasteiger partial charge in [-0.1, -0.05) is 18.9 Å². The van der Waals surface area contributed by atoms with E-state index in [0.29, 0.717) is 12.3 Å². The molecule has 2 aliphatic heterocycles. The van der Waals surface area contributed by atoms with Crippen LogP contribution in [0.1, 0.15) is 45.1 Å². The molecule has 1 aromatic heterocycles. The minimum atomic E-state index is -3.04. The molecule has 1 fully saturated rings. The van der Waals surface area contributed by atoms with Gasteiger partial charge in [-0.25, -0.2) is 15.2 Å². The smallest absolute Gasteiger partial charge is 0.521 e. The van der Waals surface area contributed by atoms with Gasteiger partial charge in [-0.15, -0.1) is 0 Å². The summed E-state index contributed by atoms with van der Waals surface area (Å²) in [6.07, 6.45) is 15.1. The van der Waals surface area contributed by atoms with Crippen LogP contribution in [0.4, 0.5) is 0 Å². The van der Waals surface area contributed by atoms with Crippen molar-refractivity contribution in [2.75, 3.05) is 0 Å². The summed E-state index contributed by atoms with van der Waals surface area (Å²) < 4.78 is 13.6. The molecule has 0 aromatic carbocycles. The van der Waals surface area contributed by atoms with Crippen LogP contribution >= 0.6 is 8.25 Å². The zero-order valence-corrected chi connectivity index (χ0v) is 16.0.